The van der Waals surface area contributed by atoms with Crippen molar-refractivity contribution in [1.82, 2.24) is 20.0 Å². The highest BCUT2D eigenvalue weighted by Crippen LogP contribution is 2.38. The van der Waals surface area contributed by atoms with E-state index in [0.29, 0.717) is 67.8 Å². The van der Waals surface area contributed by atoms with Crippen LogP contribution < -0.4 is 10.6 Å². The normalized spacial score (nSPS) is 15.3. The van der Waals surface area contributed by atoms with Crippen molar-refractivity contribution in [2.24, 2.45) is 5.41 Å². The van der Waals surface area contributed by atoms with Crippen LogP contribution in [0.2, 0.25) is 5.02 Å². The predicted molar refractivity (Wildman–Crippen MR) is 149 cm³/mol. The number of nitrogens with zero attached hydrogens (tertiary/aromatic N) is 6. The molecular formula is C29H29ClN8. The molecule has 38 heavy (non-hydrogen) atoms. The summed E-state index contributed by atoms with van der Waals surface area (Å²) in [6.07, 6.45) is 5.38. The SMILES string of the molecule is [2H]C(Nc1cc(Cl)c2ncc(C#N)c(NCC(C)(C)C)c2c1)(c1cn(C2CC2)nn1)c1cccc(C#N)c1C. The Morgan fingerprint density at radius 1 is 1.21 bits per heavy atom. The van der Waals surface area contributed by atoms with Gasteiger partial charge in [0.1, 0.15) is 11.8 Å². The van der Waals surface area contributed by atoms with E-state index in [1.807, 2.05) is 19.1 Å². The third-order valence-corrected chi connectivity index (χ3v) is 6.81. The van der Waals surface area contributed by atoms with E-state index in [0.717, 1.165) is 12.8 Å². The van der Waals surface area contributed by atoms with Gasteiger partial charge in [-0.15, -0.1) is 5.10 Å². The van der Waals surface area contributed by atoms with Crippen molar-refractivity contribution in [2.45, 2.75) is 52.6 Å². The zero-order valence-electron chi connectivity index (χ0n) is 22.8. The molecule has 1 fully saturated rings. The Labute approximate surface area is 228 Å². The van der Waals surface area contributed by atoms with Crippen molar-refractivity contribution >= 4 is 33.9 Å². The molecule has 5 rings (SSSR count). The molecule has 192 valence electrons. The fourth-order valence-electron chi connectivity index (χ4n) is 4.31. The van der Waals surface area contributed by atoms with Gasteiger partial charge in [0.15, 0.2) is 0 Å². The Kier molecular flexibility index (Phi) is 6.35. The van der Waals surface area contributed by atoms with Gasteiger partial charge in [-0.25, -0.2) is 4.68 Å². The average molecular weight is 526 g/mol. The van der Waals surface area contributed by atoms with Crippen molar-refractivity contribution in [3.05, 3.63) is 75.7 Å². The number of pyridine rings is 1. The topological polar surface area (TPSA) is 115 Å². The van der Waals surface area contributed by atoms with Crippen LogP contribution in [0.1, 0.15) is 75.0 Å². The van der Waals surface area contributed by atoms with Gasteiger partial charge in [0.25, 0.3) is 0 Å². The van der Waals surface area contributed by atoms with Gasteiger partial charge in [-0.3, -0.25) is 4.98 Å². The maximum absolute atomic E-state index is 9.81. The number of benzene rings is 2. The monoisotopic (exact) mass is 525 g/mol. The van der Waals surface area contributed by atoms with Gasteiger partial charge >= 0.3 is 0 Å². The number of anilines is 2. The molecule has 0 aliphatic heterocycles. The number of halogens is 1. The predicted octanol–water partition coefficient (Wildman–Crippen LogP) is 6.53. The van der Waals surface area contributed by atoms with E-state index in [-0.39, 0.29) is 5.41 Å². The summed E-state index contributed by atoms with van der Waals surface area (Å²) in [4.78, 5) is 4.45. The molecule has 1 aliphatic carbocycles. The summed E-state index contributed by atoms with van der Waals surface area (Å²) in [5.41, 5.74) is 4.24. The van der Waals surface area contributed by atoms with Crippen LogP contribution in [0.25, 0.3) is 10.9 Å². The van der Waals surface area contributed by atoms with Gasteiger partial charge in [-0.2, -0.15) is 10.5 Å². The van der Waals surface area contributed by atoms with Gasteiger partial charge in [0.05, 0.1) is 53.1 Å². The largest absolute Gasteiger partial charge is 0.383 e. The van der Waals surface area contributed by atoms with Gasteiger partial charge in [0.2, 0.25) is 0 Å². The first-order valence-electron chi connectivity index (χ1n) is 13.0. The molecule has 1 aliphatic rings. The summed E-state index contributed by atoms with van der Waals surface area (Å²) in [6.45, 7) is 8.78. The van der Waals surface area contributed by atoms with Gasteiger partial charge in [-0.1, -0.05) is 49.7 Å². The summed E-state index contributed by atoms with van der Waals surface area (Å²) < 4.78 is 11.5. The summed E-state index contributed by atoms with van der Waals surface area (Å²) in [7, 11) is 0. The fourth-order valence-corrected chi connectivity index (χ4v) is 4.58. The molecule has 4 aromatic rings. The summed E-state index contributed by atoms with van der Waals surface area (Å²) in [5, 5.41) is 36.0. The van der Waals surface area contributed by atoms with E-state index >= 15 is 0 Å². The van der Waals surface area contributed by atoms with Crippen molar-refractivity contribution in [3.63, 3.8) is 0 Å². The number of aromatic nitrogens is 4. The molecule has 0 spiro atoms. The molecule has 2 aromatic heterocycles. The molecule has 8 nitrogen and oxygen atoms in total. The van der Waals surface area contributed by atoms with Crippen LogP contribution in [0, 0.1) is 35.0 Å². The lowest BCUT2D eigenvalue weighted by Gasteiger charge is -2.23. The second-order valence-electron chi connectivity index (χ2n) is 10.8. The quantitative estimate of drug-likeness (QED) is 0.282. The highest BCUT2D eigenvalue weighted by atomic mass is 35.5. The standard InChI is InChI=1S/C29H29ClN8/c1-17-18(12-31)6-5-7-22(17)28(25-15-38(37-36-25)21-8-9-21)35-20-10-23-26(34-16-29(2,3)4)19(13-32)14-33-27(23)24(30)11-20/h5-7,10-11,14-15,21,28,35H,8-9,16H2,1-4H3,(H,33,34)/i28D. The van der Waals surface area contributed by atoms with E-state index < -0.39 is 6.02 Å². The average Bonchev–Trinajstić information content (AvgIpc) is 3.62. The van der Waals surface area contributed by atoms with Crippen LogP contribution in [-0.2, 0) is 0 Å². The van der Waals surface area contributed by atoms with Crippen LogP contribution in [0.15, 0.2) is 42.7 Å². The fraction of sp³-hybridized carbons (Fsp3) is 0.345. The van der Waals surface area contributed by atoms with Crippen LogP contribution in [-0.4, -0.2) is 26.5 Å². The van der Waals surface area contributed by atoms with Crippen LogP contribution >= 0.6 is 11.6 Å². The summed E-state index contributed by atoms with van der Waals surface area (Å²) in [5.74, 6) is 0. The lowest BCUT2D eigenvalue weighted by molar-refractivity contribution is 0.443. The van der Waals surface area contributed by atoms with Crippen LogP contribution in [0.5, 0.6) is 0 Å². The second kappa shape index (κ2) is 9.96. The lowest BCUT2D eigenvalue weighted by Crippen LogP contribution is -2.20. The number of hydrogen-bond donors (Lipinski definition) is 2. The highest BCUT2D eigenvalue weighted by Gasteiger charge is 2.28. The van der Waals surface area contributed by atoms with Gasteiger partial charge in [-0.05, 0) is 54.5 Å². The molecule has 0 amide bonds. The Morgan fingerprint density at radius 3 is 2.66 bits per heavy atom. The van der Waals surface area contributed by atoms with Gasteiger partial charge in [0, 0.05) is 23.8 Å². The molecule has 1 unspecified atom stereocenters. The molecule has 9 heteroatoms. The zero-order chi connectivity index (χ0) is 27.9. The van der Waals surface area contributed by atoms with Crippen LogP contribution in [0.3, 0.4) is 0 Å². The van der Waals surface area contributed by atoms with Crippen LogP contribution in [0.4, 0.5) is 11.4 Å². The summed E-state index contributed by atoms with van der Waals surface area (Å²) in [6, 6.07) is 12.0. The molecule has 2 N–H and O–H groups in total. The molecule has 2 aromatic carbocycles. The third kappa shape index (κ3) is 5.14. The lowest BCUT2D eigenvalue weighted by atomic mass is 9.95. The Balaban J connectivity index is 1.67. The molecule has 1 atom stereocenters. The molecule has 2 heterocycles. The minimum absolute atomic E-state index is 0.0328. The highest BCUT2D eigenvalue weighted by molar-refractivity contribution is 6.35. The van der Waals surface area contributed by atoms with Crippen molar-refractivity contribution in [2.75, 3.05) is 17.2 Å². The Hall–Kier alpha value is -4.14. The van der Waals surface area contributed by atoms with E-state index in [2.05, 4.69) is 58.8 Å². The molecule has 1 saturated carbocycles. The molecule has 0 radical (unpaired) electrons. The number of fused-ring (bicyclic) bond motifs is 1. The zero-order valence-corrected chi connectivity index (χ0v) is 22.6. The third-order valence-electron chi connectivity index (χ3n) is 6.52. The Morgan fingerprint density at radius 2 is 1.97 bits per heavy atom. The van der Waals surface area contributed by atoms with Crippen molar-refractivity contribution in [3.8, 4) is 12.1 Å². The van der Waals surface area contributed by atoms with E-state index in [9.17, 15) is 11.9 Å². The molecule has 0 saturated heterocycles. The van der Waals surface area contributed by atoms with Crippen molar-refractivity contribution < 1.29 is 1.37 Å². The first-order chi connectivity index (χ1) is 18.5. The van der Waals surface area contributed by atoms with E-state index in [1.165, 1.54) is 6.20 Å². The number of hydrogen-bond acceptors (Lipinski definition) is 7. The second-order valence-corrected chi connectivity index (χ2v) is 11.2. The molecule has 0 bridgehead atoms. The Bertz CT molecular complexity index is 1660. The number of rotatable bonds is 7. The maximum atomic E-state index is 9.81. The first-order valence-corrected chi connectivity index (χ1v) is 12.9. The van der Waals surface area contributed by atoms with E-state index in [1.54, 1.807) is 29.1 Å². The van der Waals surface area contributed by atoms with E-state index in [4.69, 9.17) is 11.6 Å². The summed E-state index contributed by atoms with van der Waals surface area (Å²) >= 11 is 6.72. The minimum Gasteiger partial charge on any atom is -0.383 e. The van der Waals surface area contributed by atoms with Gasteiger partial charge < -0.3 is 10.6 Å². The maximum Gasteiger partial charge on any atom is 0.109 e. The number of nitrogens with one attached hydrogen (secondary N) is 2. The van der Waals surface area contributed by atoms with Crippen molar-refractivity contribution in [1.29, 1.82) is 10.5 Å². The molecular weight excluding hydrogens is 496 g/mol. The number of nitriles is 2. The first kappa shape index (κ1) is 24.2. The minimum atomic E-state index is -1.58. The smallest absolute Gasteiger partial charge is 0.109 e.